The van der Waals surface area contributed by atoms with Gasteiger partial charge in [0.1, 0.15) is 17.3 Å². The zero-order valence-electron chi connectivity index (χ0n) is 18.4. The molecule has 0 aromatic heterocycles. The van der Waals surface area contributed by atoms with Gasteiger partial charge in [-0.25, -0.2) is 8.42 Å². The van der Waals surface area contributed by atoms with Gasteiger partial charge in [-0.15, -0.1) is 0 Å². The van der Waals surface area contributed by atoms with Crippen LogP contribution < -0.4 is 9.46 Å². The molecule has 0 radical (unpaired) electrons. The molecule has 0 aliphatic rings. The molecule has 0 amide bonds. The summed E-state index contributed by atoms with van der Waals surface area (Å²) in [5.41, 5.74) is 2.01. The number of hydrogen-bond donors (Lipinski definition) is 1. The Hall–Kier alpha value is -3.32. The van der Waals surface area contributed by atoms with Crippen molar-refractivity contribution in [3.63, 3.8) is 0 Å². The van der Waals surface area contributed by atoms with Crippen LogP contribution in [0.3, 0.4) is 0 Å². The van der Waals surface area contributed by atoms with E-state index in [0.29, 0.717) is 11.4 Å². The number of ketones is 1. The first-order valence-corrected chi connectivity index (χ1v) is 12.9. The van der Waals surface area contributed by atoms with Crippen LogP contribution in [-0.2, 0) is 27.7 Å². The van der Waals surface area contributed by atoms with E-state index in [4.69, 9.17) is 27.9 Å². The second kappa shape index (κ2) is 11.0. The summed E-state index contributed by atoms with van der Waals surface area (Å²) in [6.45, 7) is 0. The zero-order chi connectivity index (χ0) is 24.8. The van der Waals surface area contributed by atoms with Crippen LogP contribution in [0.1, 0.15) is 11.1 Å². The molecule has 0 atom stereocenters. The van der Waals surface area contributed by atoms with Crippen LogP contribution in [0.2, 0.25) is 10.0 Å². The summed E-state index contributed by atoms with van der Waals surface area (Å²) in [6.07, 6.45) is 0.487. The molecule has 0 bridgehead atoms. The molecule has 0 spiro atoms. The van der Waals surface area contributed by atoms with Crippen LogP contribution in [-0.4, -0.2) is 14.2 Å². The predicted molar refractivity (Wildman–Crippen MR) is 139 cm³/mol. The number of sulfonamides is 1. The minimum Gasteiger partial charge on any atom is -0.457 e. The summed E-state index contributed by atoms with van der Waals surface area (Å²) in [5.74, 6) is 1.43. The molecular formula is C27H21Cl2NO4S. The Morgan fingerprint density at radius 3 is 2.11 bits per heavy atom. The van der Waals surface area contributed by atoms with Crippen molar-refractivity contribution < 1.29 is 17.9 Å². The molecule has 4 aromatic carbocycles. The number of benzene rings is 4. The van der Waals surface area contributed by atoms with Crippen molar-refractivity contribution in [2.45, 2.75) is 17.7 Å². The molecule has 0 unspecified atom stereocenters. The third-order valence-electron chi connectivity index (χ3n) is 5.09. The Balaban J connectivity index is 1.36. The highest BCUT2D eigenvalue weighted by Gasteiger charge is 2.16. The van der Waals surface area contributed by atoms with Crippen LogP contribution in [0.4, 0.5) is 5.69 Å². The van der Waals surface area contributed by atoms with E-state index in [1.807, 2.05) is 54.6 Å². The highest BCUT2D eigenvalue weighted by molar-refractivity contribution is 7.92. The highest BCUT2D eigenvalue weighted by Crippen LogP contribution is 2.26. The van der Waals surface area contributed by atoms with Crippen molar-refractivity contribution in [2.75, 3.05) is 4.72 Å². The normalized spacial score (nSPS) is 11.1. The number of hydrogen-bond acceptors (Lipinski definition) is 4. The van der Waals surface area contributed by atoms with Crippen molar-refractivity contribution in [3.05, 3.63) is 118 Å². The van der Waals surface area contributed by atoms with Crippen LogP contribution in [0.5, 0.6) is 11.5 Å². The first-order valence-electron chi connectivity index (χ1n) is 10.7. The number of anilines is 1. The highest BCUT2D eigenvalue weighted by atomic mass is 35.5. The number of ether oxygens (including phenoxy) is 1. The van der Waals surface area contributed by atoms with E-state index in [1.54, 1.807) is 24.3 Å². The van der Waals surface area contributed by atoms with Gasteiger partial charge in [-0.1, -0.05) is 65.7 Å². The smallest absolute Gasteiger partial charge is 0.261 e. The minimum atomic E-state index is -3.83. The molecule has 4 rings (SSSR count). The fraction of sp³-hybridized carbons (Fsp3) is 0.0741. The second-order valence-electron chi connectivity index (χ2n) is 7.83. The van der Waals surface area contributed by atoms with Crippen LogP contribution in [0.25, 0.3) is 0 Å². The summed E-state index contributed by atoms with van der Waals surface area (Å²) >= 11 is 11.8. The third kappa shape index (κ3) is 6.85. The van der Waals surface area contributed by atoms with E-state index in [0.717, 1.165) is 16.9 Å². The summed E-state index contributed by atoms with van der Waals surface area (Å²) < 4.78 is 33.5. The zero-order valence-corrected chi connectivity index (χ0v) is 20.8. The number of carbonyl (C=O) groups is 1. The fourth-order valence-corrected chi connectivity index (χ4v) is 4.86. The van der Waals surface area contributed by atoms with Gasteiger partial charge in [0, 0.05) is 18.5 Å². The molecule has 0 saturated carbocycles. The van der Waals surface area contributed by atoms with E-state index in [2.05, 4.69) is 4.72 Å². The number of Topliss-reactive ketones (excluding diaryl/α,β-unsaturated/α-hetero) is 1. The van der Waals surface area contributed by atoms with Gasteiger partial charge in [0.25, 0.3) is 10.0 Å². The van der Waals surface area contributed by atoms with Gasteiger partial charge >= 0.3 is 0 Å². The molecule has 0 fully saturated rings. The molecule has 4 aromatic rings. The maximum atomic E-state index is 12.6. The number of para-hydroxylation sites is 1. The summed E-state index contributed by atoms with van der Waals surface area (Å²) in [7, 11) is -3.83. The number of halogens is 2. The molecule has 8 heteroatoms. The Kier molecular flexibility index (Phi) is 7.76. The van der Waals surface area contributed by atoms with Gasteiger partial charge in [-0.3, -0.25) is 9.52 Å². The Bertz CT molecular complexity index is 1440. The van der Waals surface area contributed by atoms with E-state index in [1.165, 1.54) is 18.2 Å². The molecule has 178 valence electrons. The third-order valence-corrected chi connectivity index (χ3v) is 7.21. The van der Waals surface area contributed by atoms with Crippen molar-refractivity contribution in [3.8, 4) is 11.5 Å². The quantitative estimate of drug-likeness (QED) is 0.257. The predicted octanol–water partition coefficient (Wildman–Crippen LogP) is 6.94. The van der Waals surface area contributed by atoms with Crippen LogP contribution in [0.15, 0.2) is 102 Å². The monoisotopic (exact) mass is 525 g/mol. The van der Waals surface area contributed by atoms with E-state index in [9.17, 15) is 13.2 Å². The Morgan fingerprint density at radius 1 is 0.714 bits per heavy atom. The van der Waals surface area contributed by atoms with Gasteiger partial charge in [-0.2, -0.15) is 0 Å². The van der Waals surface area contributed by atoms with Crippen molar-refractivity contribution >= 4 is 44.7 Å². The molecule has 0 saturated heterocycles. The average Bonchev–Trinajstić information content (AvgIpc) is 2.83. The van der Waals surface area contributed by atoms with Crippen LogP contribution in [0, 0.1) is 0 Å². The lowest BCUT2D eigenvalue weighted by molar-refractivity contribution is -0.117. The van der Waals surface area contributed by atoms with Gasteiger partial charge in [-0.05, 0) is 65.7 Å². The summed E-state index contributed by atoms with van der Waals surface area (Å²) in [5, 5.41) is 0.427. The van der Waals surface area contributed by atoms with E-state index >= 15 is 0 Å². The van der Waals surface area contributed by atoms with Gasteiger partial charge in [0.15, 0.2) is 0 Å². The van der Waals surface area contributed by atoms with Crippen molar-refractivity contribution in [1.82, 2.24) is 0 Å². The maximum absolute atomic E-state index is 12.6. The molecule has 35 heavy (non-hydrogen) atoms. The largest absolute Gasteiger partial charge is 0.457 e. The molecule has 5 nitrogen and oxygen atoms in total. The van der Waals surface area contributed by atoms with Crippen LogP contribution >= 0.6 is 23.2 Å². The molecule has 0 aliphatic carbocycles. The molecule has 1 N–H and O–H groups in total. The molecular weight excluding hydrogens is 505 g/mol. The van der Waals surface area contributed by atoms with E-state index < -0.39 is 10.0 Å². The lowest BCUT2D eigenvalue weighted by Crippen LogP contribution is -2.13. The lowest BCUT2D eigenvalue weighted by atomic mass is 10.0. The Labute approximate surface area is 214 Å². The van der Waals surface area contributed by atoms with E-state index in [-0.39, 0.29) is 33.6 Å². The lowest BCUT2D eigenvalue weighted by Gasteiger charge is -2.10. The number of nitrogens with one attached hydrogen (secondary N) is 1. The van der Waals surface area contributed by atoms with Gasteiger partial charge in [0.05, 0.1) is 14.9 Å². The molecule has 0 aliphatic heterocycles. The maximum Gasteiger partial charge on any atom is 0.261 e. The number of carbonyl (C=O) groups excluding carboxylic acids is 1. The first kappa shape index (κ1) is 24.8. The first-order chi connectivity index (χ1) is 16.8. The fourth-order valence-electron chi connectivity index (χ4n) is 3.41. The standard InChI is InChI=1S/C27H21Cl2NO4S/c28-26-14-13-25(18-27(26)29)35(32,33)30-21-11-9-19(10-12-21)15-22(31)16-20-5-4-8-24(17-20)34-23-6-2-1-3-7-23/h1-14,17-18,30H,15-16H2. The van der Waals surface area contributed by atoms with Crippen molar-refractivity contribution in [2.24, 2.45) is 0 Å². The SMILES string of the molecule is O=C(Cc1ccc(NS(=O)(=O)c2ccc(Cl)c(Cl)c2)cc1)Cc1cccc(Oc2ccccc2)c1. The topological polar surface area (TPSA) is 72.5 Å². The van der Waals surface area contributed by atoms with Gasteiger partial charge < -0.3 is 4.74 Å². The molecule has 0 heterocycles. The Morgan fingerprint density at radius 2 is 1.40 bits per heavy atom. The van der Waals surface area contributed by atoms with Crippen molar-refractivity contribution in [1.29, 1.82) is 0 Å². The summed E-state index contributed by atoms with van der Waals surface area (Å²) in [4.78, 5) is 12.6. The van der Waals surface area contributed by atoms with Gasteiger partial charge in [0.2, 0.25) is 0 Å². The minimum absolute atomic E-state index is 0.00429. The second-order valence-corrected chi connectivity index (χ2v) is 10.3. The number of rotatable bonds is 9. The summed E-state index contributed by atoms with van der Waals surface area (Å²) in [6, 6.07) is 27.7. The average molecular weight is 526 g/mol.